The van der Waals surface area contributed by atoms with E-state index in [1.54, 1.807) is 60.7 Å². The standard InChI is InChI=1S/C33H34N4O5S/c1-24-23-41-21-20-37(24)30-22-29(33(18-8-9-19-33)43(39,40)28-12-6-3-7-13-28)35-31(36-30)25-14-16-26(17-15-25)34-32(38)42-27-10-4-2-5-11-27/h2-7,10-17,22,24H,8-9,18-21,23H2,1H3,(H,34,38)/t24-/m0/s1. The van der Waals surface area contributed by atoms with Crippen molar-refractivity contribution < 1.29 is 22.7 Å². The highest BCUT2D eigenvalue weighted by Crippen LogP contribution is 2.48. The quantitative estimate of drug-likeness (QED) is 0.267. The SMILES string of the molecule is C[C@H]1COCCN1c1cc(C2(S(=O)(=O)c3ccccc3)CCCC2)nc(-c2ccc(NC(=O)Oc3ccccc3)cc2)n1. The topological polar surface area (TPSA) is 111 Å². The molecule has 43 heavy (non-hydrogen) atoms. The number of morpholine rings is 1. The van der Waals surface area contributed by atoms with Crippen molar-refractivity contribution in [3.63, 3.8) is 0 Å². The van der Waals surface area contributed by atoms with Crippen molar-refractivity contribution in [2.24, 2.45) is 0 Å². The van der Waals surface area contributed by atoms with Crippen LogP contribution in [0.5, 0.6) is 5.75 Å². The van der Waals surface area contributed by atoms with Crippen LogP contribution in [0.25, 0.3) is 11.4 Å². The molecule has 1 aliphatic carbocycles. The molecule has 0 unspecified atom stereocenters. The van der Waals surface area contributed by atoms with Crippen LogP contribution in [0.2, 0.25) is 0 Å². The van der Waals surface area contributed by atoms with Gasteiger partial charge in [-0.3, -0.25) is 5.32 Å². The van der Waals surface area contributed by atoms with Crippen molar-refractivity contribution in [2.45, 2.75) is 48.3 Å². The largest absolute Gasteiger partial charge is 0.417 e. The predicted molar refractivity (Wildman–Crippen MR) is 165 cm³/mol. The lowest BCUT2D eigenvalue weighted by Gasteiger charge is -2.36. The van der Waals surface area contributed by atoms with E-state index in [1.807, 2.05) is 30.3 Å². The minimum atomic E-state index is -3.75. The Balaban J connectivity index is 1.37. The first-order valence-electron chi connectivity index (χ1n) is 14.5. The number of hydrogen-bond acceptors (Lipinski definition) is 8. The molecule has 2 aliphatic rings. The second kappa shape index (κ2) is 12.1. The summed E-state index contributed by atoms with van der Waals surface area (Å²) >= 11 is 0. The number of nitrogens with zero attached hydrogens (tertiary/aromatic N) is 3. The van der Waals surface area contributed by atoms with Crippen LogP contribution in [-0.2, 0) is 19.3 Å². The van der Waals surface area contributed by atoms with E-state index in [0.717, 1.165) is 12.8 Å². The van der Waals surface area contributed by atoms with Gasteiger partial charge in [0.1, 0.15) is 16.3 Å². The normalized spacial score (nSPS) is 18.3. The molecule has 0 bridgehead atoms. The van der Waals surface area contributed by atoms with Gasteiger partial charge in [0.15, 0.2) is 15.7 Å². The zero-order valence-electron chi connectivity index (χ0n) is 24.0. The fourth-order valence-corrected chi connectivity index (χ4v) is 8.06. The third-order valence-corrected chi connectivity index (χ3v) is 10.7. The van der Waals surface area contributed by atoms with E-state index in [4.69, 9.17) is 19.4 Å². The zero-order valence-corrected chi connectivity index (χ0v) is 24.8. The van der Waals surface area contributed by atoms with Gasteiger partial charge in [-0.05, 0) is 68.3 Å². The summed E-state index contributed by atoms with van der Waals surface area (Å²) < 4.78 is 38.4. The molecule has 2 heterocycles. The number of aromatic nitrogens is 2. The molecule has 0 spiro atoms. The zero-order chi connectivity index (χ0) is 29.9. The second-order valence-electron chi connectivity index (χ2n) is 11.0. The first-order chi connectivity index (χ1) is 20.9. The van der Waals surface area contributed by atoms with Crippen LogP contribution in [0, 0.1) is 0 Å². The number of carbonyl (C=O) groups excluding carboxylic acids is 1. The lowest BCUT2D eigenvalue weighted by atomic mass is 10.0. The van der Waals surface area contributed by atoms with Crippen molar-refractivity contribution in [3.05, 3.63) is 96.7 Å². The average molecular weight is 599 g/mol. The van der Waals surface area contributed by atoms with Crippen molar-refractivity contribution >= 4 is 27.4 Å². The lowest BCUT2D eigenvalue weighted by molar-refractivity contribution is 0.0985. The van der Waals surface area contributed by atoms with Crippen molar-refractivity contribution in [1.82, 2.24) is 9.97 Å². The van der Waals surface area contributed by atoms with Gasteiger partial charge in [0, 0.05) is 23.9 Å². The highest BCUT2D eigenvalue weighted by molar-refractivity contribution is 7.92. The van der Waals surface area contributed by atoms with Crippen LogP contribution in [0.15, 0.2) is 95.9 Å². The predicted octanol–water partition coefficient (Wildman–Crippen LogP) is 6.22. The molecule has 1 atom stereocenters. The number of para-hydroxylation sites is 1. The van der Waals surface area contributed by atoms with Gasteiger partial charge < -0.3 is 14.4 Å². The van der Waals surface area contributed by atoms with Crippen LogP contribution in [0.1, 0.15) is 38.3 Å². The Kier molecular flexibility index (Phi) is 8.14. The number of rotatable bonds is 7. The Hall–Kier alpha value is -4.28. The van der Waals surface area contributed by atoms with Crippen LogP contribution >= 0.6 is 0 Å². The summed E-state index contributed by atoms with van der Waals surface area (Å²) in [6.45, 7) is 3.83. The number of benzene rings is 3. The third-order valence-electron chi connectivity index (χ3n) is 8.16. The summed E-state index contributed by atoms with van der Waals surface area (Å²) in [6.07, 6.45) is 1.98. The maximum Gasteiger partial charge on any atom is 0.417 e. The lowest BCUT2D eigenvalue weighted by Crippen LogP contribution is -2.44. The summed E-state index contributed by atoms with van der Waals surface area (Å²) in [4.78, 5) is 24.7. The molecular weight excluding hydrogens is 564 g/mol. The average Bonchev–Trinajstić information content (AvgIpc) is 3.55. The molecule has 10 heteroatoms. The van der Waals surface area contributed by atoms with E-state index >= 15 is 0 Å². The number of ether oxygens (including phenoxy) is 2. The number of sulfone groups is 1. The molecule has 4 aromatic rings. The van der Waals surface area contributed by atoms with Gasteiger partial charge in [0.05, 0.1) is 29.8 Å². The Morgan fingerprint density at radius 2 is 1.63 bits per heavy atom. The van der Waals surface area contributed by atoms with Gasteiger partial charge in [0.25, 0.3) is 0 Å². The molecule has 9 nitrogen and oxygen atoms in total. The smallest absolute Gasteiger partial charge is 0.410 e. The maximum atomic E-state index is 14.3. The summed E-state index contributed by atoms with van der Waals surface area (Å²) in [5.74, 6) is 1.55. The summed E-state index contributed by atoms with van der Waals surface area (Å²) in [7, 11) is -3.75. The first kappa shape index (κ1) is 28.8. The van der Waals surface area contributed by atoms with Crippen molar-refractivity contribution in [3.8, 4) is 17.1 Å². The molecule has 3 aromatic carbocycles. The first-order valence-corrected chi connectivity index (χ1v) is 16.0. The number of amides is 1. The third kappa shape index (κ3) is 5.85. The molecule has 2 fully saturated rings. The number of nitrogens with one attached hydrogen (secondary N) is 1. The second-order valence-corrected chi connectivity index (χ2v) is 13.2. The summed E-state index contributed by atoms with van der Waals surface area (Å²) in [5.41, 5.74) is 1.76. The fraction of sp³-hybridized carbons (Fsp3) is 0.303. The maximum absolute atomic E-state index is 14.3. The molecule has 1 aromatic heterocycles. The Morgan fingerprint density at radius 1 is 0.953 bits per heavy atom. The van der Waals surface area contributed by atoms with Crippen LogP contribution in [0.4, 0.5) is 16.3 Å². The van der Waals surface area contributed by atoms with Gasteiger partial charge in [-0.1, -0.05) is 49.2 Å². The molecular formula is C33H34N4O5S. The molecule has 1 amide bonds. The number of hydrogen-bond donors (Lipinski definition) is 1. The molecule has 1 aliphatic heterocycles. The van der Waals surface area contributed by atoms with E-state index in [0.29, 0.717) is 71.8 Å². The Labute approximate surface area is 251 Å². The van der Waals surface area contributed by atoms with E-state index in [-0.39, 0.29) is 6.04 Å². The van der Waals surface area contributed by atoms with E-state index in [1.165, 1.54) is 0 Å². The van der Waals surface area contributed by atoms with Gasteiger partial charge in [-0.15, -0.1) is 0 Å². The fourth-order valence-electron chi connectivity index (χ4n) is 5.89. The molecule has 6 rings (SSSR count). The molecule has 0 radical (unpaired) electrons. The molecule has 1 saturated heterocycles. The summed E-state index contributed by atoms with van der Waals surface area (Å²) in [5, 5.41) is 2.73. The molecule has 1 saturated carbocycles. The monoisotopic (exact) mass is 598 g/mol. The van der Waals surface area contributed by atoms with Gasteiger partial charge in [0.2, 0.25) is 0 Å². The Morgan fingerprint density at radius 3 is 2.30 bits per heavy atom. The minimum absolute atomic E-state index is 0.0665. The van der Waals surface area contributed by atoms with Crippen LogP contribution in [-0.4, -0.2) is 50.3 Å². The van der Waals surface area contributed by atoms with Crippen molar-refractivity contribution in [1.29, 1.82) is 0 Å². The molecule has 1 N–H and O–H groups in total. The molecule has 222 valence electrons. The van der Waals surface area contributed by atoms with E-state index < -0.39 is 20.7 Å². The van der Waals surface area contributed by atoms with Crippen LogP contribution < -0.4 is 15.0 Å². The summed E-state index contributed by atoms with van der Waals surface area (Å²) in [6, 6.07) is 26.6. The van der Waals surface area contributed by atoms with Crippen LogP contribution in [0.3, 0.4) is 0 Å². The van der Waals surface area contributed by atoms with Crippen molar-refractivity contribution in [2.75, 3.05) is 30.0 Å². The minimum Gasteiger partial charge on any atom is -0.410 e. The van der Waals surface area contributed by atoms with Gasteiger partial charge >= 0.3 is 6.09 Å². The number of carbonyl (C=O) groups is 1. The van der Waals surface area contributed by atoms with Gasteiger partial charge in [-0.2, -0.15) is 0 Å². The van der Waals surface area contributed by atoms with E-state index in [2.05, 4.69) is 17.1 Å². The van der Waals surface area contributed by atoms with E-state index in [9.17, 15) is 13.2 Å². The highest BCUT2D eigenvalue weighted by Gasteiger charge is 2.50. The van der Waals surface area contributed by atoms with Gasteiger partial charge in [-0.25, -0.2) is 23.2 Å². The highest BCUT2D eigenvalue weighted by atomic mass is 32.2. The Bertz CT molecular complexity index is 1680. The number of anilines is 2.